The first kappa shape index (κ1) is 23.1. The fourth-order valence-electron chi connectivity index (χ4n) is 2.95. The van der Waals surface area contributed by atoms with Gasteiger partial charge in [0.1, 0.15) is 16.4 Å². The zero-order chi connectivity index (χ0) is 22.8. The number of ether oxygens (including phenoxy) is 2. The van der Waals surface area contributed by atoms with Crippen LogP contribution in [0.3, 0.4) is 0 Å². The van der Waals surface area contributed by atoms with Crippen molar-refractivity contribution in [1.82, 2.24) is 9.21 Å². The van der Waals surface area contributed by atoms with Crippen LogP contribution in [0.2, 0.25) is 10.0 Å². The summed E-state index contributed by atoms with van der Waals surface area (Å²) in [5.41, 5.74) is -0.420. The summed E-state index contributed by atoms with van der Waals surface area (Å²) in [4.78, 5) is 23.1. The molecule has 0 saturated carbocycles. The van der Waals surface area contributed by atoms with Crippen molar-refractivity contribution in [2.75, 3.05) is 33.3 Å². The first-order valence-corrected chi connectivity index (χ1v) is 11.1. The Labute approximate surface area is 188 Å². The van der Waals surface area contributed by atoms with E-state index in [0.717, 1.165) is 16.4 Å². The van der Waals surface area contributed by atoms with Crippen LogP contribution in [0.15, 0.2) is 41.3 Å². The van der Waals surface area contributed by atoms with E-state index in [1.807, 2.05) is 0 Å². The minimum Gasteiger partial charge on any atom is -0.454 e. The van der Waals surface area contributed by atoms with E-state index in [1.54, 1.807) is 0 Å². The molecular weight excluding hydrogens is 473 g/mol. The van der Waals surface area contributed by atoms with Gasteiger partial charge in [0.25, 0.3) is 5.69 Å². The summed E-state index contributed by atoms with van der Waals surface area (Å²) in [6, 6.07) is 7.65. The summed E-state index contributed by atoms with van der Waals surface area (Å²) in [5.74, 6) is -0.0554. The van der Waals surface area contributed by atoms with Crippen molar-refractivity contribution in [2.24, 2.45) is 0 Å². The fraction of sp³-hybridized carbons (Fsp3) is 0.278. The number of amides is 1. The van der Waals surface area contributed by atoms with E-state index in [1.165, 1.54) is 36.3 Å². The second-order valence-corrected chi connectivity index (χ2v) is 9.18. The number of benzene rings is 2. The molecule has 31 heavy (non-hydrogen) atoms. The highest BCUT2D eigenvalue weighted by Gasteiger charge is 2.34. The molecule has 166 valence electrons. The Kier molecular flexibility index (Phi) is 6.90. The third kappa shape index (κ3) is 5.01. The van der Waals surface area contributed by atoms with Crippen LogP contribution < -0.4 is 4.74 Å². The maximum atomic E-state index is 13.3. The Morgan fingerprint density at radius 3 is 2.35 bits per heavy atom. The molecule has 13 heteroatoms. The maximum Gasteiger partial charge on any atom is 0.409 e. The average Bonchev–Trinajstić information content (AvgIpc) is 2.75. The lowest BCUT2D eigenvalue weighted by atomic mass is 10.3. The molecule has 1 amide bonds. The van der Waals surface area contributed by atoms with Crippen molar-refractivity contribution >= 4 is 45.0 Å². The normalized spacial score (nSPS) is 14.9. The highest BCUT2D eigenvalue weighted by molar-refractivity contribution is 7.89. The minimum absolute atomic E-state index is 0.0164. The van der Waals surface area contributed by atoms with E-state index in [4.69, 9.17) is 27.9 Å². The first-order valence-electron chi connectivity index (χ1n) is 8.88. The molecule has 1 fully saturated rings. The minimum atomic E-state index is -4.20. The lowest BCUT2D eigenvalue weighted by Gasteiger charge is -2.33. The SMILES string of the molecule is COC(=O)N1CCN(S(=O)(=O)c2cc([N+](=O)[O-])ccc2Oc2cc(Cl)ccc2Cl)CC1. The Hall–Kier alpha value is -2.60. The molecule has 0 N–H and O–H groups in total. The molecule has 0 bridgehead atoms. The Bertz CT molecular complexity index is 1120. The van der Waals surface area contributed by atoms with E-state index in [9.17, 15) is 23.3 Å². The maximum absolute atomic E-state index is 13.3. The lowest BCUT2D eigenvalue weighted by Crippen LogP contribution is -2.50. The molecule has 1 heterocycles. The van der Waals surface area contributed by atoms with Gasteiger partial charge in [0.2, 0.25) is 10.0 Å². The van der Waals surface area contributed by atoms with Gasteiger partial charge in [0, 0.05) is 49.4 Å². The molecule has 1 aliphatic heterocycles. The molecule has 0 unspecified atom stereocenters. The van der Waals surface area contributed by atoms with E-state index in [-0.39, 0.29) is 42.7 Å². The molecule has 0 atom stereocenters. The zero-order valence-electron chi connectivity index (χ0n) is 16.2. The summed E-state index contributed by atoms with van der Waals surface area (Å²) in [6.45, 7) is 0.184. The summed E-state index contributed by atoms with van der Waals surface area (Å²) in [6.07, 6.45) is -0.563. The molecule has 3 rings (SSSR count). The summed E-state index contributed by atoms with van der Waals surface area (Å²) < 4.78 is 38.0. The number of nitro groups is 1. The van der Waals surface area contributed by atoms with Crippen molar-refractivity contribution in [3.05, 3.63) is 56.6 Å². The Balaban J connectivity index is 1.98. The largest absolute Gasteiger partial charge is 0.454 e. The molecule has 10 nitrogen and oxygen atoms in total. The van der Waals surface area contributed by atoms with Crippen molar-refractivity contribution in [1.29, 1.82) is 0 Å². The third-order valence-corrected chi connectivity index (χ3v) is 7.01. The number of halogens is 2. The van der Waals surface area contributed by atoms with Gasteiger partial charge in [0.15, 0.2) is 0 Å². The van der Waals surface area contributed by atoms with Crippen molar-refractivity contribution in [3.63, 3.8) is 0 Å². The smallest absolute Gasteiger partial charge is 0.409 e. The molecule has 0 spiro atoms. The lowest BCUT2D eigenvalue weighted by molar-refractivity contribution is -0.385. The number of sulfonamides is 1. The summed E-state index contributed by atoms with van der Waals surface area (Å²) >= 11 is 12.1. The van der Waals surface area contributed by atoms with Gasteiger partial charge < -0.3 is 14.4 Å². The number of rotatable bonds is 5. The Morgan fingerprint density at radius 2 is 1.74 bits per heavy atom. The standard InChI is InChI=1S/C18H17Cl2N3O7S/c1-29-18(24)21-6-8-22(9-7-21)31(27,28)17-11-13(23(25)26)3-5-15(17)30-16-10-12(19)2-4-14(16)20/h2-5,10-11H,6-9H2,1H3. The second kappa shape index (κ2) is 9.27. The van der Waals surface area contributed by atoms with Crippen LogP contribution in [0.5, 0.6) is 11.5 Å². The predicted octanol–water partition coefficient (Wildman–Crippen LogP) is 3.77. The first-order chi connectivity index (χ1) is 14.6. The highest BCUT2D eigenvalue weighted by atomic mass is 35.5. The summed E-state index contributed by atoms with van der Waals surface area (Å²) in [5, 5.41) is 11.7. The van der Waals surface area contributed by atoms with Crippen LogP contribution in [-0.4, -0.2) is 61.9 Å². The average molecular weight is 490 g/mol. The molecule has 1 saturated heterocycles. The number of carbonyl (C=O) groups excluding carboxylic acids is 1. The van der Waals surface area contributed by atoms with Crippen LogP contribution in [-0.2, 0) is 14.8 Å². The van der Waals surface area contributed by atoms with Crippen LogP contribution in [0, 0.1) is 10.1 Å². The molecule has 0 radical (unpaired) electrons. The fourth-order valence-corrected chi connectivity index (χ4v) is 4.82. The topological polar surface area (TPSA) is 119 Å². The van der Waals surface area contributed by atoms with E-state index in [2.05, 4.69) is 4.74 Å². The second-order valence-electron chi connectivity index (χ2n) is 6.43. The summed E-state index contributed by atoms with van der Waals surface area (Å²) in [7, 11) is -2.96. The van der Waals surface area contributed by atoms with E-state index in [0.29, 0.717) is 5.02 Å². The molecule has 2 aromatic rings. The third-order valence-electron chi connectivity index (χ3n) is 4.54. The van der Waals surface area contributed by atoms with Gasteiger partial charge in [-0.2, -0.15) is 4.31 Å². The van der Waals surface area contributed by atoms with Gasteiger partial charge >= 0.3 is 6.09 Å². The number of methoxy groups -OCH3 is 1. The number of piperazine rings is 1. The molecular formula is C18H17Cl2N3O7S. The molecule has 1 aliphatic rings. The van der Waals surface area contributed by atoms with Crippen molar-refractivity contribution in [2.45, 2.75) is 4.90 Å². The van der Waals surface area contributed by atoms with Gasteiger partial charge in [0.05, 0.1) is 17.1 Å². The molecule has 0 aromatic heterocycles. The van der Waals surface area contributed by atoms with Gasteiger partial charge in [-0.15, -0.1) is 0 Å². The molecule has 2 aromatic carbocycles. The van der Waals surface area contributed by atoms with Gasteiger partial charge in [-0.25, -0.2) is 13.2 Å². The monoisotopic (exact) mass is 489 g/mol. The van der Waals surface area contributed by atoms with Gasteiger partial charge in [-0.05, 0) is 18.2 Å². The number of nitro benzene ring substituents is 1. The Morgan fingerprint density at radius 1 is 1.06 bits per heavy atom. The van der Waals surface area contributed by atoms with Crippen LogP contribution >= 0.6 is 23.2 Å². The zero-order valence-corrected chi connectivity index (χ0v) is 18.5. The van der Waals surface area contributed by atoms with Crippen LogP contribution in [0.4, 0.5) is 10.5 Å². The number of nitrogens with zero attached hydrogens (tertiary/aromatic N) is 3. The van der Waals surface area contributed by atoms with Crippen molar-refractivity contribution < 1.29 is 27.6 Å². The number of carbonyl (C=O) groups is 1. The number of hydrogen-bond acceptors (Lipinski definition) is 7. The van der Waals surface area contributed by atoms with Gasteiger partial charge in [-0.1, -0.05) is 23.2 Å². The predicted molar refractivity (Wildman–Crippen MR) is 112 cm³/mol. The quantitative estimate of drug-likeness (QED) is 0.462. The molecule has 0 aliphatic carbocycles. The van der Waals surface area contributed by atoms with Crippen LogP contribution in [0.1, 0.15) is 0 Å². The van der Waals surface area contributed by atoms with Gasteiger partial charge in [-0.3, -0.25) is 10.1 Å². The highest BCUT2D eigenvalue weighted by Crippen LogP contribution is 2.37. The van der Waals surface area contributed by atoms with Crippen molar-refractivity contribution in [3.8, 4) is 11.5 Å². The van der Waals surface area contributed by atoms with Crippen LogP contribution in [0.25, 0.3) is 0 Å². The number of hydrogen-bond donors (Lipinski definition) is 0. The van der Waals surface area contributed by atoms with E-state index < -0.39 is 31.6 Å². The number of non-ortho nitro benzene ring substituents is 1. The van der Waals surface area contributed by atoms with E-state index >= 15 is 0 Å².